The van der Waals surface area contributed by atoms with Crippen LogP contribution in [0.5, 0.6) is 0 Å². The van der Waals surface area contributed by atoms with E-state index in [1.165, 1.54) is 30.8 Å². The van der Waals surface area contributed by atoms with Gasteiger partial charge in [0.05, 0.1) is 12.2 Å². The van der Waals surface area contributed by atoms with Crippen molar-refractivity contribution in [2.45, 2.75) is 40.2 Å². The molecule has 1 aromatic rings. The Bertz CT molecular complexity index is 483. The van der Waals surface area contributed by atoms with E-state index < -0.39 is 0 Å². The first-order chi connectivity index (χ1) is 10.6. The predicted octanol–water partition coefficient (Wildman–Crippen LogP) is 2.77. The van der Waals surface area contributed by atoms with Crippen molar-refractivity contribution >= 4 is 41.3 Å². The summed E-state index contributed by atoms with van der Waals surface area (Å²) in [5.74, 6) is 1.62. The quantitative estimate of drug-likeness (QED) is 0.411. The van der Waals surface area contributed by atoms with Gasteiger partial charge in [0.25, 0.3) is 0 Å². The van der Waals surface area contributed by atoms with Crippen LogP contribution >= 0.6 is 35.3 Å². The van der Waals surface area contributed by atoms with Gasteiger partial charge in [0, 0.05) is 24.5 Å². The average molecular weight is 451 g/mol. The van der Waals surface area contributed by atoms with Gasteiger partial charge in [-0.1, -0.05) is 0 Å². The summed E-state index contributed by atoms with van der Waals surface area (Å²) in [4.78, 5) is 12.9. The summed E-state index contributed by atoms with van der Waals surface area (Å²) in [7, 11) is 2.21. The summed E-state index contributed by atoms with van der Waals surface area (Å²) >= 11 is 1.74. The molecule has 2 N–H and O–H groups in total. The number of aryl methyl sites for hydroxylation is 2. The van der Waals surface area contributed by atoms with E-state index >= 15 is 0 Å². The second kappa shape index (κ2) is 10.5. The van der Waals surface area contributed by atoms with Crippen molar-refractivity contribution in [1.82, 2.24) is 20.5 Å². The largest absolute Gasteiger partial charge is 0.357 e. The Hall–Kier alpha value is -0.410. The van der Waals surface area contributed by atoms with Gasteiger partial charge in [0.2, 0.25) is 0 Å². The summed E-state index contributed by atoms with van der Waals surface area (Å²) in [6.45, 7) is 11.2. The van der Waals surface area contributed by atoms with Gasteiger partial charge >= 0.3 is 0 Å². The SMILES string of the molecule is CCNC(=NCc1nc(C)c(C)s1)NCC1CCCN(C)C1.I. The molecule has 0 saturated carbocycles. The third kappa shape index (κ3) is 6.93. The molecule has 1 aromatic heterocycles. The molecule has 1 unspecified atom stereocenters. The predicted molar refractivity (Wildman–Crippen MR) is 110 cm³/mol. The molecule has 2 heterocycles. The Labute approximate surface area is 161 Å². The highest BCUT2D eigenvalue weighted by Gasteiger charge is 2.17. The maximum Gasteiger partial charge on any atom is 0.191 e. The van der Waals surface area contributed by atoms with Crippen LogP contribution in [0.25, 0.3) is 0 Å². The van der Waals surface area contributed by atoms with Crippen molar-refractivity contribution in [1.29, 1.82) is 0 Å². The van der Waals surface area contributed by atoms with Gasteiger partial charge in [0.15, 0.2) is 5.96 Å². The molecule has 0 radical (unpaired) electrons. The van der Waals surface area contributed by atoms with E-state index in [0.717, 1.165) is 29.8 Å². The van der Waals surface area contributed by atoms with E-state index in [9.17, 15) is 0 Å². The number of nitrogens with one attached hydrogen (secondary N) is 2. The molecular formula is C16H30IN5S. The second-order valence-corrected chi connectivity index (χ2v) is 7.38. The van der Waals surface area contributed by atoms with Gasteiger partial charge in [-0.2, -0.15) is 0 Å². The number of guanidine groups is 1. The van der Waals surface area contributed by atoms with Crippen LogP contribution in [-0.4, -0.2) is 49.1 Å². The highest BCUT2D eigenvalue weighted by atomic mass is 127. The number of piperidine rings is 1. The standard InChI is InChI=1S/C16H29N5S.HI/c1-5-17-16(18-9-14-7-6-8-21(4)11-14)19-10-15-20-12(2)13(3)22-15;/h14H,5-11H2,1-4H3,(H2,17,18,19);1H. The van der Waals surface area contributed by atoms with Gasteiger partial charge < -0.3 is 15.5 Å². The van der Waals surface area contributed by atoms with Crippen molar-refractivity contribution in [2.24, 2.45) is 10.9 Å². The van der Waals surface area contributed by atoms with Crippen molar-refractivity contribution < 1.29 is 0 Å². The van der Waals surface area contributed by atoms with Crippen LogP contribution in [0.15, 0.2) is 4.99 Å². The number of hydrogen-bond acceptors (Lipinski definition) is 4. The number of halogens is 1. The van der Waals surface area contributed by atoms with Crippen LogP contribution in [0.1, 0.15) is 35.3 Å². The molecule has 7 heteroatoms. The molecule has 1 atom stereocenters. The molecular weight excluding hydrogens is 421 g/mol. The smallest absolute Gasteiger partial charge is 0.191 e. The number of nitrogens with zero attached hydrogens (tertiary/aromatic N) is 3. The Kier molecular flexibility index (Phi) is 9.38. The first-order valence-electron chi connectivity index (χ1n) is 8.22. The van der Waals surface area contributed by atoms with Gasteiger partial charge in [-0.3, -0.25) is 0 Å². The Morgan fingerprint density at radius 3 is 2.78 bits per heavy atom. The van der Waals surface area contributed by atoms with Gasteiger partial charge in [-0.05, 0) is 53.1 Å². The topological polar surface area (TPSA) is 52.6 Å². The minimum atomic E-state index is 0. The van der Waals surface area contributed by atoms with Crippen LogP contribution < -0.4 is 10.6 Å². The van der Waals surface area contributed by atoms with Crippen LogP contribution in [0.2, 0.25) is 0 Å². The van der Waals surface area contributed by atoms with E-state index in [4.69, 9.17) is 0 Å². The van der Waals surface area contributed by atoms with E-state index in [0.29, 0.717) is 12.5 Å². The Morgan fingerprint density at radius 2 is 2.17 bits per heavy atom. The summed E-state index contributed by atoms with van der Waals surface area (Å²) in [5.41, 5.74) is 1.12. The third-order valence-electron chi connectivity index (χ3n) is 4.07. The highest BCUT2D eigenvalue weighted by Crippen LogP contribution is 2.17. The minimum Gasteiger partial charge on any atom is -0.357 e. The lowest BCUT2D eigenvalue weighted by molar-refractivity contribution is 0.210. The van der Waals surface area contributed by atoms with Gasteiger partial charge in [-0.25, -0.2) is 9.98 Å². The first kappa shape index (κ1) is 20.6. The molecule has 0 aromatic carbocycles. The minimum absolute atomic E-state index is 0. The zero-order valence-electron chi connectivity index (χ0n) is 14.7. The molecule has 1 aliphatic rings. The number of aliphatic imine (C=N–C) groups is 1. The molecule has 132 valence electrons. The Morgan fingerprint density at radius 1 is 1.39 bits per heavy atom. The fourth-order valence-electron chi connectivity index (χ4n) is 2.78. The molecule has 0 aliphatic carbocycles. The van der Waals surface area contributed by atoms with Crippen LogP contribution in [0, 0.1) is 19.8 Å². The molecule has 0 bridgehead atoms. The molecule has 1 fully saturated rings. The fourth-order valence-corrected chi connectivity index (χ4v) is 3.63. The Balaban J connectivity index is 0.00000264. The number of likely N-dealkylation sites (tertiary alicyclic amines) is 1. The summed E-state index contributed by atoms with van der Waals surface area (Å²) in [5, 5.41) is 7.91. The van der Waals surface area contributed by atoms with Crippen LogP contribution in [0.3, 0.4) is 0 Å². The lowest BCUT2D eigenvalue weighted by Gasteiger charge is -2.30. The number of rotatable bonds is 5. The third-order valence-corrected chi connectivity index (χ3v) is 5.13. The number of aromatic nitrogens is 1. The number of thiazole rings is 1. The maximum absolute atomic E-state index is 4.67. The monoisotopic (exact) mass is 451 g/mol. The zero-order valence-corrected chi connectivity index (χ0v) is 17.8. The van der Waals surface area contributed by atoms with E-state index in [2.05, 4.69) is 53.3 Å². The summed E-state index contributed by atoms with van der Waals surface area (Å²) in [6.07, 6.45) is 2.61. The number of hydrogen-bond donors (Lipinski definition) is 2. The fraction of sp³-hybridized carbons (Fsp3) is 0.750. The lowest BCUT2D eigenvalue weighted by atomic mass is 9.99. The van der Waals surface area contributed by atoms with Gasteiger partial charge in [-0.15, -0.1) is 35.3 Å². The van der Waals surface area contributed by atoms with Crippen molar-refractivity contribution in [3.05, 3.63) is 15.6 Å². The highest BCUT2D eigenvalue weighted by molar-refractivity contribution is 14.0. The van der Waals surface area contributed by atoms with Crippen LogP contribution in [0.4, 0.5) is 0 Å². The maximum atomic E-state index is 4.67. The van der Waals surface area contributed by atoms with E-state index in [1.54, 1.807) is 11.3 Å². The lowest BCUT2D eigenvalue weighted by Crippen LogP contribution is -2.43. The van der Waals surface area contributed by atoms with Crippen molar-refractivity contribution in [2.75, 3.05) is 33.2 Å². The van der Waals surface area contributed by atoms with Crippen molar-refractivity contribution in [3.63, 3.8) is 0 Å². The van der Waals surface area contributed by atoms with Gasteiger partial charge in [0.1, 0.15) is 5.01 Å². The molecule has 23 heavy (non-hydrogen) atoms. The van der Waals surface area contributed by atoms with E-state index in [-0.39, 0.29) is 24.0 Å². The first-order valence-corrected chi connectivity index (χ1v) is 9.03. The van der Waals surface area contributed by atoms with Crippen molar-refractivity contribution in [3.8, 4) is 0 Å². The molecule has 1 saturated heterocycles. The van der Waals surface area contributed by atoms with E-state index in [1.807, 2.05) is 0 Å². The molecule has 1 aliphatic heterocycles. The second-order valence-electron chi connectivity index (χ2n) is 6.10. The summed E-state index contributed by atoms with van der Waals surface area (Å²) in [6, 6.07) is 0. The van der Waals surface area contributed by atoms with Crippen LogP contribution in [-0.2, 0) is 6.54 Å². The molecule has 0 amide bonds. The molecule has 2 rings (SSSR count). The molecule has 5 nitrogen and oxygen atoms in total. The normalized spacial score (nSPS) is 19.3. The zero-order chi connectivity index (χ0) is 15.9. The molecule has 0 spiro atoms. The summed E-state index contributed by atoms with van der Waals surface area (Å²) < 4.78 is 0. The average Bonchev–Trinajstić information content (AvgIpc) is 2.81.